The summed E-state index contributed by atoms with van der Waals surface area (Å²) >= 11 is 0. The van der Waals surface area contributed by atoms with Gasteiger partial charge in [0.15, 0.2) is 0 Å². The molecule has 4 nitrogen and oxygen atoms in total. The van der Waals surface area contributed by atoms with Crippen molar-refractivity contribution in [1.29, 1.82) is 0 Å². The lowest BCUT2D eigenvalue weighted by Gasteiger charge is -2.33. The SMILES string of the molecule is CCc1cccc2c1N(CC(=O)NC(C)c1ccco1)CCC2. The molecule has 0 spiro atoms. The fourth-order valence-electron chi connectivity index (χ4n) is 3.34. The Labute approximate surface area is 137 Å². The number of benzene rings is 1. The number of hydrogen-bond donors (Lipinski definition) is 1. The van der Waals surface area contributed by atoms with E-state index in [0.717, 1.165) is 31.6 Å². The molecule has 2 heterocycles. The standard InChI is InChI=1S/C19H24N2O2/c1-3-15-7-4-8-16-9-5-11-21(19(15)16)13-18(22)20-14(2)17-10-6-12-23-17/h4,6-8,10,12,14H,3,5,9,11,13H2,1-2H3,(H,20,22). The number of para-hydroxylation sites is 1. The number of carbonyl (C=O) groups excluding carboxylic acids is 1. The van der Waals surface area contributed by atoms with Crippen molar-refractivity contribution in [2.45, 2.75) is 39.2 Å². The quantitative estimate of drug-likeness (QED) is 0.919. The van der Waals surface area contributed by atoms with Crippen LogP contribution in [0.25, 0.3) is 0 Å². The predicted molar refractivity (Wildman–Crippen MR) is 91.6 cm³/mol. The van der Waals surface area contributed by atoms with Gasteiger partial charge in [-0.3, -0.25) is 4.79 Å². The van der Waals surface area contributed by atoms with Gasteiger partial charge in [0.05, 0.1) is 18.8 Å². The molecule has 1 aromatic heterocycles. The number of rotatable bonds is 5. The van der Waals surface area contributed by atoms with E-state index in [-0.39, 0.29) is 11.9 Å². The van der Waals surface area contributed by atoms with Crippen molar-refractivity contribution in [3.05, 3.63) is 53.5 Å². The summed E-state index contributed by atoms with van der Waals surface area (Å²) in [7, 11) is 0. The number of carbonyl (C=O) groups is 1. The first-order valence-electron chi connectivity index (χ1n) is 8.37. The zero-order chi connectivity index (χ0) is 16.2. The van der Waals surface area contributed by atoms with E-state index in [1.807, 2.05) is 19.1 Å². The molecule has 1 aliphatic rings. The Balaban J connectivity index is 1.71. The van der Waals surface area contributed by atoms with Crippen LogP contribution < -0.4 is 10.2 Å². The molecule has 23 heavy (non-hydrogen) atoms. The number of amides is 1. The highest BCUT2D eigenvalue weighted by Gasteiger charge is 2.22. The third-order valence-electron chi connectivity index (χ3n) is 4.46. The Morgan fingerprint density at radius 2 is 2.22 bits per heavy atom. The Morgan fingerprint density at radius 3 is 2.96 bits per heavy atom. The molecule has 0 saturated heterocycles. The maximum absolute atomic E-state index is 12.4. The summed E-state index contributed by atoms with van der Waals surface area (Å²) in [5, 5.41) is 3.02. The molecule has 4 heteroatoms. The molecule has 0 aliphatic carbocycles. The Bertz CT molecular complexity index is 650. The van der Waals surface area contributed by atoms with Crippen molar-refractivity contribution in [2.24, 2.45) is 0 Å². The van der Waals surface area contributed by atoms with Crippen LogP contribution in [0, 0.1) is 0 Å². The zero-order valence-corrected chi connectivity index (χ0v) is 13.8. The van der Waals surface area contributed by atoms with Crippen LogP contribution in [0.3, 0.4) is 0 Å². The van der Waals surface area contributed by atoms with Crippen LogP contribution in [0.4, 0.5) is 5.69 Å². The molecular weight excluding hydrogens is 288 g/mol. The van der Waals surface area contributed by atoms with Crippen LogP contribution in [0.1, 0.15) is 43.2 Å². The highest BCUT2D eigenvalue weighted by Crippen LogP contribution is 2.31. The van der Waals surface area contributed by atoms with Crippen molar-refractivity contribution >= 4 is 11.6 Å². The molecule has 122 valence electrons. The fourth-order valence-corrected chi connectivity index (χ4v) is 3.34. The fraction of sp³-hybridized carbons (Fsp3) is 0.421. The Morgan fingerprint density at radius 1 is 1.35 bits per heavy atom. The lowest BCUT2D eigenvalue weighted by atomic mass is 9.96. The minimum atomic E-state index is -0.108. The lowest BCUT2D eigenvalue weighted by molar-refractivity contribution is -0.120. The van der Waals surface area contributed by atoms with Gasteiger partial charge in [-0.25, -0.2) is 0 Å². The van der Waals surface area contributed by atoms with Gasteiger partial charge in [0.25, 0.3) is 0 Å². The number of nitrogens with zero attached hydrogens (tertiary/aromatic N) is 1. The van der Waals surface area contributed by atoms with E-state index in [0.29, 0.717) is 6.54 Å². The second-order valence-corrected chi connectivity index (χ2v) is 6.11. The molecule has 0 radical (unpaired) electrons. The summed E-state index contributed by atoms with van der Waals surface area (Å²) in [5.41, 5.74) is 3.96. The van der Waals surface area contributed by atoms with Gasteiger partial charge in [0.2, 0.25) is 5.91 Å². The third kappa shape index (κ3) is 3.41. The first-order valence-corrected chi connectivity index (χ1v) is 8.37. The van der Waals surface area contributed by atoms with Crippen molar-refractivity contribution in [2.75, 3.05) is 18.0 Å². The lowest BCUT2D eigenvalue weighted by Crippen LogP contribution is -2.41. The molecule has 1 unspecified atom stereocenters. The van der Waals surface area contributed by atoms with Gasteiger partial charge < -0.3 is 14.6 Å². The van der Waals surface area contributed by atoms with Crippen LogP contribution >= 0.6 is 0 Å². The molecular formula is C19H24N2O2. The normalized spacial score (nSPS) is 15.1. The van der Waals surface area contributed by atoms with Crippen LogP contribution in [0.15, 0.2) is 41.0 Å². The van der Waals surface area contributed by atoms with E-state index in [1.54, 1.807) is 6.26 Å². The average molecular weight is 312 g/mol. The van der Waals surface area contributed by atoms with Gasteiger partial charge in [-0.2, -0.15) is 0 Å². The first-order chi connectivity index (χ1) is 11.2. The van der Waals surface area contributed by atoms with Crippen LogP contribution in [0.5, 0.6) is 0 Å². The summed E-state index contributed by atoms with van der Waals surface area (Å²) in [6, 6.07) is 10.1. The van der Waals surface area contributed by atoms with Crippen molar-refractivity contribution in [1.82, 2.24) is 5.32 Å². The van der Waals surface area contributed by atoms with Gasteiger partial charge in [0.1, 0.15) is 5.76 Å². The number of nitrogens with one attached hydrogen (secondary N) is 1. The van der Waals surface area contributed by atoms with Gasteiger partial charge in [-0.05, 0) is 49.4 Å². The molecule has 1 aromatic carbocycles. The van der Waals surface area contributed by atoms with Gasteiger partial charge in [-0.1, -0.05) is 25.1 Å². The minimum absolute atomic E-state index is 0.0349. The first kappa shape index (κ1) is 15.7. The van der Waals surface area contributed by atoms with Gasteiger partial charge in [0, 0.05) is 12.2 Å². The van der Waals surface area contributed by atoms with E-state index in [4.69, 9.17) is 4.42 Å². The minimum Gasteiger partial charge on any atom is -0.467 e. The number of hydrogen-bond acceptors (Lipinski definition) is 3. The smallest absolute Gasteiger partial charge is 0.240 e. The Kier molecular flexibility index (Phi) is 4.70. The molecule has 1 N–H and O–H groups in total. The molecule has 1 amide bonds. The highest BCUT2D eigenvalue weighted by molar-refractivity contribution is 5.82. The zero-order valence-electron chi connectivity index (χ0n) is 13.8. The van der Waals surface area contributed by atoms with E-state index >= 15 is 0 Å². The molecule has 0 fully saturated rings. The summed E-state index contributed by atoms with van der Waals surface area (Å²) in [6.45, 7) is 5.45. The topological polar surface area (TPSA) is 45.5 Å². The molecule has 0 saturated carbocycles. The van der Waals surface area contributed by atoms with E-state index < -0.39 is 0 Å². The molecule has 0 bridgehead atoms. The Hall–Kier alpha value is -2.23. The molecule has 3 rings (SSSR count). The molecule has 1 aliphatic heterocycles. The van der Waals surface area contributed by atoms with E-state index in [9.17, 15) is 4.79 Å². The van der Waals surface area contributed by atoms with Gasteiger partial charge in [-0.15, -0.1) is 0 Å². The summed E-state index contributed by atoms with van der Waals surface area (Å²) in [4.78, 5) is 14.7. The summed E-state index contributed by atoms with van der Waals surface area (Å²) < 4.78 is 5.35. The van der Waals surface area contributed by atoms with E-state index in [1.165, 1.54) is 16.8 Å². The number of aryl methyl sites for hydroxylation is 2. The summed E-state index contributed by atoms with van der Waals surface area (Å²) in [5.74, 6) is 0.819. The van der Waals surface area contributed by atoms with Crippen LogP contribution in [-0.2, 0) is 17.6 Å². The number of fused-ring (bicyclic) bond motifs is 1. The maximum Gasteiger partial charge on any atom is 0.240 e. The highest BCUT2D eigenvalue weighted by atomic mass is 16.3. The van der Waals surface area contributed by atoms with Crippen molar-refractivity contribution in [3.63, 3.8) is 0 Å². The second kappa shape index (κ2) is 6.90. The van der Waals surface area contributed by atoms with E-state index in [2.05, 4.69) is 35.3 Å². The maximum atomic E-state index is 12.4. The second-order valence-electron chi connectivity index (χ2n) is 6.11. The number of furan rings is 1. The molecule has 2 aromatic rings. The van der Waals surface area contributed by atoms with Crippen LogP contribution in [0.2, 0.25) is 0 Å². The third-order valence-corrected chi connectivity index (χ3v) is 4.46. The van der Waals surface area contributed by atoms with Crippen molar-refractivity contribution < 1.29 is 9.21 Å². The van der Waals surface area contributed by atoms with Crippen molar-refractivity contribution in [3.8, 4) is 0 Å². The van der Waals surface area contributed by atoms with Crippen LogP contribution in [-0.4, -0.2) is 19.0 Å². The van der Waals surface area contributed by atoms with Gasteiger partial charge >= 0.3 is 0 Å². The monoisotopic (exact) mass is 312 g/mol. The predicted octanol–water partition coefficient (Wildman–Crippen LogP) is 3.47. The largest absolute Gasteiger partial charge is 0.467 e. The average Bonchev–Trinajstić information content (AvgIpc) is 3.09. The molecule has 1 atom stereocenters. The number of anilines is 1. The summed E-state index contributed by atoms with van der Waals surface area (Å²) in [6.07, 6.45) is 4.82.